The van der Waals surface area contributed by atoms with Gasteiger partial charge in [-0.05, 0) is 39.2 Å². The van der Waals surface area contributed by atoms with Gasteiger partial charge in [-0.25, -0.2) is 0 Å². The zero-order valence-electron chi connectivity index (χ0n) is 11.1. The Hall–Kier alpha value is -0.650. The monoisotopic (exact) mass is 256 g/mol. The number of aliphatic hydroxyl groups excluding tert-OH is 1. The average Bonchev–Trinajstić information content (AvgIpc) is 2.40. The van der Waals surface area contributed by atoms with Gasteiger partial charge in [-0.15, -0.1) is 0 Å². The summed E-state index contributed by atoms with van der Waals surface area (Å²) in [5.74, 6) is 0.173. The first-order valence-electron chi connectivity index (χ1n) is 6.89. The van der Waals surface area contributed by atoms with Gasteiger partial charge in [0.15, 0.2) is 0 Å². The van der Waals surface area contributed by atoms with Crippen molar-refractivity contribution in [3.8, 4) is 0 Å². The Kier molecular flexibility index (Phi) is 4.59. The molecule has 0 aromatic heterocycles. The molecule has 2 atom stereocenters. The number of carbonyl (C=O) groups is 1. The van der Waals surface area contributed by atoms with Crippen LogP contribution in [-0.4, -0.2) is 49.0 Å². The maximum atomic E-state index is 12.3. The van der Waals surface area contributed by atoms with Crippen LogP contribution in [0.25, 0.3) is 0 Å². The molecule has 2 unspecified atom stereocenters. The summed E-state index contributed by atoms with van der Waals surface area (Å²) >= 11 is 0. The van der Waals surface area contributed by atoms with E-state index < -0.39 is 5.54 Å². The highest BCUT2D eigenvalue weighted by molar-refractivity contribution is 5.79. The third-order valence-corrected chi connectivity index (χ3v) is 4.14. The highest BCUT2D eigenvalue weighted by Crippen LogP contribution is 2.23. The van der Waals surface area contributed by atoms with Crippen molar-refractivity contribution in [1.29, 1.82) is 0 Å². The van der Waals surface area contributed by atoms with Crippen LogP contribution in [0.2, 0.25) is 0 Å². The zero-order valence-corrected chi connectivity index (χ0v) is 11.1. The minimum Gasteiger partial charge on any atom is -0.394 e. The minimum atomic E-state index is -0.455. The molecule has 2 saturated heterocycles. The number of rotatable bonds is 3. The summed E-state index contributed by atoms with van der Waals surface area (Å²) in [5.41, 5.74) is -0.455. The van der Waals surface area contributed by atoms with Crippen LogP contribution in [0.5, 0.6) is 0 Å². The highest BCUT2D eigenvalue weighted by Gasteiger charge is 2.36. The normalized spacial score (nSPS) is 31.9. The molecule has 18 heavy (non-hydrogen) atoms. The summed E-state index contributed by atoms with van der Waals surface area (Å²) in [4.78, 5) is 12.3. The van der Waals surface area contributed by atoms with Crippen LogP contribution in [0.15, 0.2) is 0 Å². The number of piperidine rings is 1. The highest BCUT2D eigenvalue weighted by atomic mass is 16.5. The molecule has 0 aromatic carbocycles. The van der Waals surface area contributed by atoms with Crippen molar-refractivity contribution < 1.29 is 14.6 Å². The summed E-state index contributed by atoms with van der Waals surface area (Å²) in [6.45, 7) is 4.24. The van der Waals surface area contributed by atoms with Crippen molar-refractivity contribution in [3.05, 3.63) is 0 Å². The second-order valence-electron chi connectivity index (χ2n) is 5.62. The van der Waals surface area contributed by atoms with Crippen LogP contribution in [-0.2, 0) is 9.53 Å². The molecule has 2 fully saturated rings. The van der Waals surface area contributed by atoms with Gasteiger partial charge < -0.3 is 20.5 Å². The van der Waals surface area contributed by atoms with E-state index in [1.807, 2.05) is 0 Å². The van der Waals surface area contributed by atoms with Crippen molar-refractivity contribution in [2.75, 3.05) is 26.4 Å². The van der Waals surface area contributed by atoms with Crippen molar-refractivity contribution >= 4 is 5.91 Å². The average molecular weight is 256 g/mol. The van der Waals surface area contributed by atoms with E-state index in [1.54, 1.807) is 0 Å². The molecule has 0 spiro atoms. The molecule has 0 aromatic rings. The Bertz CT molecular complexity index is 290. The van der Waals surface area contributed by atoms with E-state index in [2.05, 4.69) is 17.6 Å². The summed E-state index contributed by atoms with van der Waals surface area (Å²) in [7, 11) is 0. The lowest BCUT2D eigenvalue weighted by atomic mass is 9.87. The van der Waals surface area contributed by atoms with Crippen LogP contribution in [0.1, 0.15) is 32.6 Å². The maximum absolute atomic E-state index is 12.3. The van der Waals surface area contributed by atoms with E-state index in [-0.39, 0.29) is 18.4 Å². The number of ether oxygens (including phenoxy) is 1. The molecular formula is C13H24N2O3. The fourth-order valence-corrected chi connectivity index (χ4v) is 2.82. The molecule has 2 heterocycles. The first-order valence-corrected chi connectivity index (χ1v) is 6.89. The number of aliphatic hydroxyl groups is 1. The molecule has 0 radical (unpaired) electrons. The Morgan fingerprint density at radius 2 is 2.22 bits per heavy atom. The predicted octanol–water partition coefficient (Wildman–Crippen LogP) is 0.0322. The standard InChI is InChI=1S/C13H24N2O3/c1-10-8-11(2-5-14-10)12(17)15-13(9-16)3-6-18-7-4-13/h10-11,14,16H,2-9H2,1H3,(H,15,17). The number of nitrogens with one attached hydrogen (secondary N) is 2. The van der Waals surface area contributed by atoms with Gasteiger partial charge in [-0.3, -0.25) is 4.79 Å². The number of hydrogen-bond donors (Lipinski definition) is 3. The number of carbonyl (C=O) groups excluding carboxylic acids is 1. The van der Waals surface area contributed by atoms with Crippen LogP contribution < -0.4 is 10.6 Å². The topological polar surface area (TPSA) is 70.6 Å². The zero-order chi connectivity index (χ0) is 13.0. The van der Waals surface area contributed by atoms with Gasteiger partial charge >= 0.3 is 0 Å². The fraction of sp³-hybridized carbons (Fsp3) is 0.923. The van der Waals surface area contributed by atoms with Crippen LogP contribution in [0, 0.1) is 5.92 Å². The molecule has 1 amide bonds. The lowest BCUT2D eigenvalue weighted by Gasteiger charge is -2.38. The van der Waals surface area contributed by atoms with Crippen molar-refractivity contribution in [3.63, 3.8) is 0 Å². The van der Waals surface area contributed by atoms with Gasteiger partial charge in [0.1, 0.15) is 0 Å². The van der Waals surface area contributed by atoms with Crippen LogP contribution in [0.3, 0.4) is 0 Å². The number of hydrogen-bond acceptors (Lipinski definition) is 4. The quantitative estimate of drug-likeness (QED) is 0.666. The molecule has 104 valence electrons. The van der Waals surface area contributed by atoms with Gasteiger partial charge in [-0.2, -0.15) is 0 Å². The third-order valence-electron chi connectivity index (χ3n) is 4.14. The first-order chi connectivity index (χ1) is 8.65. The summed E-state index contributed by atoms with van der Waals surface area (Å²) < 4.78 is 5.30. The Morgan fingerprint density at radius 1 is 1.50 bits per heavy atom. The van der Waals surface area contributed by atoms with Crippen molar-refractivity contribution in [2.45, 2.75) is 44.2 Å². The van der Waals surface area contributed by atoms with Crippen molar-refractivity contribution in [1.82, 2.24) is 10.6 Å². The molecule has 2 rings (SSSR count). The van der Waals surface area contributed by atoms with E-state index in [0.717, 1.165) is 19.4 Å². The van der Waals surface area contributed by atoms with E-state index in [1.165, 1.54) is 0 Å². The summed E-state index contributed by atoms with van der Waals surface area (Å²) in [6.07, 6.45) is 3.17. The molecule has 0 bridgehead atoms. The molecular weight excluding hydrogens is 232 g/mol. The molecule has 2 aliphatic rings. The smallest absolute Gasteiger partial charge is 0.223 e. The molecule has 3 N–H and O–H groups in total. The number of amides is 1. The fourth-order valence-electron chi connectivity index (χ4n) is 2.82. The molecule has 2 aliphatic heterocycles. The lowest BCUT2D eigenvalue weighted by molar-refractivity contribution is -0.130. The molecule has 0 saturated carbocycles. The SMILES string of the molecule is CC1CC(C(=O)NC2(CO)CCOCC2)CCN1. The maximum Gasteiger partial charge on any atom is 0.223 e. The van der Waals surface area contributed by atoms with Gasteiger partial charge in [0.25, 0.3) is 0 Å². The first kappa shape index (κ1) is 13.8. The lowest BCUT2D eigenvalue weighted by Crippen LogP contribution is -2.57. The van der Waals surface area contributed by atoms with E-state index in [4.69, 9.17) is 4.74 Å². The van der Waals surface area contributed by atoms with Gasteiger partial charge in [-0.1, -0.05) is 0 Å². The predicted molar refractivity (Wildman–Crippen MR) is 68.2 cm³/mol. The van der Waals surface area contributed by atoms with E-state index >= 15 is 0 Å². The third kappa shape index (κ3) is 3.22. The molecule has 5 heteroatoms. The minimum absolute atomic E-state index is 0.00260. The molecule has 5 nitrogen and oxygen atoms in total. The Balaban J connectivity index is 1.92. The Morgan fingerprint density at radius 3 is 2.83 bits per heavy atom. The van der Waals surface area contributed by atoms with Gasteiger partial charge in [0, 0.05) is 25.2 Å². The molecule has 0 aliphatic carbocycles. The summed E-state index contributed by atoms with van der Waals surface area (Å²) in [6, 6.07) is 0.397. The van der Waals surface area contributed by atoms with Gasteiger partial charge in [0.05, 0.1) is 12.1 Å². The van der Waals surface area contributed by atoms with E-state index in [9.17, 15) is 9.90 Å². The second kappa shape index (κ2) is 5.99. The van der Waals surface area contributed by atoms with Crippen LogP contribution >= 0.6 is 0 Å². The van der Waals surface area contributed by atoms with Crippen molar-refractivity contribution in [2.24, 2.45) is 5.92 Å². The second-order valence-corrected chi connectivity index (χ2v) is 5.62. The van der Waals surface area contributed by atoms with Crippen LogP contribution in [0.4, 0.5) is 0 Å². The van der Waals surface area contributed by atoms with Gasteiger partial charge in [0.2, 0.25) is 5.91 Å². The largest absolute Gasteiger partial charge is 0.394 e. The van der Waals surface area contributed by atoms with E-state index in [0.29, 0.717) is 32.1 Å². The Labute approximate surface area is 108 Å². The summed E-state index contributed by atoms with van der Waals surface area (Å²) in [5, 5.41) is 16.0.